The molecule has 0 atom stereocenters. The van der Waals surface area contributed by atoms with Crippen molar-refractivity contribution in [1.82, 2.24) is 5.32 Å². The quantitative estimate of drug-likeness (QED) is 0.799. The standard InChI is InChI=1S/C11H20ClNS/c1-9(7-12)8-13-10-3-5-11(14-2)6-4-10/h7,10-11,13H,3-6,8H2,1-2H3. The van der Waals surface area contributed by atoms with Crippen LogP contribution in [0.2, 0.25) is 0 Å². The Morgan fingerprint density at radius 2 is 2.07 bits per heavy atom. The average molecular weight is 234 g/mol. The molecule has 0 unspecified atom stereocenters. The molecule has 0 aromatic heterocycles. The first-order valence-corrected chi connectivity index (χ1v) is 7.00. The highest BCUT2D eigenvalue weighted by Crippen LogP contribution is 2.26. The van der Waals surface area contributed by atoms with Gasteiger partial charge in [-0.15, -0.1) is 0 Å². The fraction of sp³-hybridized carbons (Fsp3) is 0.818. The fourth-order valence-electron chi connectivity index (χ4n) is 1.85. The zero-order chi connectivity index (χ0) is 10.4. The third-order valence-corrected chi connectivity index (χ3v) is 4.37. The van der Waals surface area contributed by atoms with Gasteiger partial charge in [-0.2, -0.15) is 11.8 Å². The molecule has 1 nitrogen and oxygen atoms in total. The molecule has 1 aliphatic carbocycles. The molecular formula is C11H20ClNS. The molecule has 14 heavy (non-hydrogen) atoms. The van der Waals surface area contributed by atoms with Crippen molar-refractivity contribution in [2.75, 3.05) is 12.8 Å². The molecule has 0 radical (unpaired) electrons. The van der Waals surface area contributed by atoms with Crippen LogP contribution in [0.1, 0.15) is 32.6 Å². The average Bonchev–Trinajstić information content (AvgIpc) is 2.26. The van der Waals surface area contributed by atoms with Crippen LogP contribution < -0.4 is 5.32 Å². The lowest BCUT2D eigenvalue weighted by atomic mass is 9.95. The zero-order valence-corrected chi connectivity index (χ0v) is 10.6. The molecule has 1 fully saturated rings. The topological polar surface area (TPSA) is 12.0 Å². The lowest BCUT2D eigenvalue weighted by Crippen LogP contribution is -2.34. The van der Waals surface area contributed by atoms with Crippen molar-refractivity contribution in [3.05, 3.63) is 11.1 Å². The van der Waals surface area contributed by atoms with Crippen molar-refractivity contribution in [3.8, 4) is 0 Å². The minimum Gasteiger partial charge on any atom is -0.310 e. The Morgan fingerprint density at radius 3 is 2.57 bits per heavy atom. The van der Waals surface area contributed by atoms with Gasteiger partial charge in [0.15, 0.2) is 0 Å². The van der Waals surface area contributed by atoms with Crippen LogP contribution in [-0.4, -0.2) is 24.1 Å². The first-order valence-electron chi connectivity index (χ1n) is 5.28. The summed E-state index contributed by atoms with van der Waals surface area (Å²) in [5.74, 6) is 0. The number of nitrogens with one attached hydrogen (secondary N) is 1. The van der Waals surface area contributed by atoms with Gasteiger partial charge in [0.05, 0.1) is 0 Å². The van der Waals surface area contributed by atoms with Crippen molar-refractivity contribution in [1.29, 1.82) is 0 Å². The lowest BCUT2D eigenvalue weighted by Gasteiger charge is -2.28. The number of hydrogen-bond donors (Lipinski definition) is 1. The Morgan fingerprint density at radius 1 is 1.43 bits per heavy atom. The van der Waals surface area contributed by atoms with Crippen LogP contribution in [0.5, 0.6) is 0 Å². The summed E-state index contributed by atoms with van der Waals surface area (Å²) in [6.07, 6.45) is 7.59. The van der Waals surface area contributed by atoms with Crippen LogP contribution in [0.3, 0.4) is 0 Å². The van der Waals surface area contributed by atoms with Crippen molar-refractivity contribution in [3.63, 3.8) is 0 Å². The molecule has 0 saturated heterocycles. The van der Waals surface area contributed by atoms with Gasteiger partial charge in [0.25, 0.3) is 0 Å². The van der Waals surface area contributed by atoms with Gasteiger partial charge < -0.3 is 5.32 Å². The van der Waals surface area contributed by atoms with E-state index in [1.807, 2.05) is 11.8 Å². The predicted molar refractivity (Wildman–Crippen MR) is 67.2 cm³/mol. The monoisotopic (exact) mass is 233 g/mol. The van der Waals surface area contributed by atoms with Gasteiger partial charge in [0, 0.05) is 23.4 Å². The number of hydrogen-bond acceptors (Lipinski definition) is 2. The maximum Gasteiger partial charge on any atom is 0.0176 e. The van der Waals surface area contributed by atoms with E-state index in [1.54, 1.807) is 5.54 Å². The third kappa shape index (κ3) is 4.24. The minimum absolute atomic E-state index is 0.713. The van der Waals surface area contributed by atoms with Crippen molar-refractivity contribution < 1.29 is 0 Å². The minimum atomic E-state index is 0.713. The van der Waals surface area contributed by atoms with Crippen LogP contribution in [0, 0.1) is 0 Å². The molecule has 0 aromatic carbocycles. The zero-order valence-electron chi connectivity index (χ0n) is 9.05. The highest BCUT2D eigenvalue weighted by atomic mass is 35.5. The summed E-state index contributed by atoms with van der Waals surface area (Å²) < 4.78 is 0. The Hall–Kier alpha value is 0.340. The summed E-state index contributed by atoms with van der Waals surface area (Å²) in [4.78, 5) is 0. The summed E-state index contributed by atoms with van der Waals surface area (Å²) >= 11 is 7.63. The molecule has 0 aliphatic heterocycles. The Kier molecular flexibility index (Phi) is 5.99. The summed E-state index contributed by atoms with van der Waals surface area (Å²) in [5.41, 5.74) is 2.89. The van der Waals surface area contributed by atoms with Gasteiger partial charge in [-0.05, 0) is 44.4 Å². The first-order chi connectivity index (χ1) is 6.76. The smallest absolute Gasteiger partial charge is 0.0176 e. The molecule has 1 saturated carbocycles. The van der Waals surface area contributed by atoms with E-state index in [-0.39, 0.29) is 0 Å². The van der Waals surface area contributed by atoms with Gasteiger partial charge in [0.1, 0.15) is 0 Å². The predicted octanol–water partition coefficient (Wildman–Crippen LogP) is 3.39. The van der Waals surface area contributed by atoms with Crippen molar-refractivity contribution in [2.24, 2.45) is 0 Å². The molecule has 0 spiro atoms. The van der Waals surface area contributed by atoms with Crippen LogP contribution in [-0.2, 0) is 0 Å². The number of thioether (sulfide) groups is 1. The van der Waals surface area contributed by atoms with Gasteiger partial charge in [0.2, 0.25) is 0 Å². The molecule has 0 heterocycles. The molecule has 1 N–H and O–H groups in total. The maximum absolute atomic E-state index is 5.61. The maximum atomic E-state index is 5.61. The molecule has 82 valence electrons. The SMILES string of the molecule is CSC1CCC(NCC(C)=CCl)CC1. The van der Waals surface area contributed by atoms with E-state index >= 15 is 0 Å². The molecule has 1 aliphatic rings. The molecule has 1 rings (SSSR count). The normalized spacial score (nSPS) is 29.2. The summed E-state index contributed by atoms with van der Waals surface area (Å²) in [5, 5.41) is 4.46. The number of halogens is 1. The van der Waals surface area contributed by atoms with E-state index < -0.39 is 0 Å². The third-order valence-electron chi connectivity index (χ3n) is 2.86. The summed E-state index contributed by atoms with van der Waals surface area (Å²) in [6.45, 7) is 3.01. The molecular weight excluding hydrogens is 214 g/mol. The largest absolute Gasteiger partial charge is 0.310 e. The van der Waals surface area contributed by atoms with E-state index in [1.165, 1.54) is 31.3 Å². The fourth-order valence-corrected chi connectivity index (χ4v) is 2.67. The highest BCUT2D eigenvalue weighted by Gasteiger charge is 2.19. The summed E-state index contributed by atoms with van der Waals surface area (Å²) in [6, 6.07) is 0.713. The second-order valence-electron chi connectivity index (χ2n) is 4.05. The van der Waals surface area contributed by atoms with Gasteiger partial charge in [-0.25, -0.2) is 0 Å². The second-order valence-corrected chi connectivity index (χ2v) is 5.40. The van der Waals surface area contributed by atoms with Crippen molar-refractivity contribution in [2.45, 2.75) is 43.9 Å². The van der Waals surface area contributed by atoms with Gasteiger partial charge in [-0.3, -0.25) is 0 Å². The van der Waals surface area contributed by atoms with Crippen LogP contribution in [0.4, 0.5) is 0 Å². The molecule has 0 bridgehead atoms. The first kappa shape index (κ1) is 12.4. The molecule has 0 amide bonds. The highest BCUT2D eigenvalue weighted by molar-refractivity contribution is 7.99. The number of rotatable bonds is 4. The van der Waals surface area contributed by atoms with Gasteiger partial charge >= 0.3 is 0 Å². The Labute approximate surface area is 96.7 Å². The lowest BCUT2D eigenvalue weighted by molar-refractivity contribution is 0.390. The second kappa shape index (κ2) is 6.76. The summed E-state index contributed by atoms with van der Waals surface area (Å²) in [7, 11) is 0. The van der Waals surface area contributed by atoms with E-state index in [0.717, 1.165) is 11.8 Å². The van der Waals surface area contributed by atoms with E-state index in [0.29, 0.717) is 6.04 Å². The molecule has 0 aromatic rings. The van der Waals surface area contributed by atoms with Crippen molar-refractivity contribution >= 4 is 23.4 Å². The van der Waals surface area contributed by atoms with E-state index in [2.05, 4.69) is 18.5 Å². The van der Waals surface area contributed by atoms with E-state index in [9.17, 15) is 0 Å². The Bertz CT molecular complexity index is 186. The Balaban J connectivity index is 2.16. The van der Waals surface area contributed by atoms with Crippen LogP contribution in [0.15, 0.2) is 11.1 Å². The molecule has 3 heteroatoms. The van der Waals surface area contributed by atoms with Crippen LogP contribution in [0.25, 0.3) is 0 Å². The van der Waals surface area contributed by atoms with E-state index in [4.69, 9.17) is 11.6 Å². The van der Waals surface area contributed by atoms with Gasteiger partial charge in [-0.1, -0.05) is 11.6 Å². The van der Waals surface area contributed by atoms with Crippen LogP contribution >= 0.6 is 23.4 Å².